The van der Waals surface area contributed by atoms with Crippen molar-refractivity contribution < 1.29 is 13.7 Å². The van der Waals surface area contributed by atoms with Crippen LogP contribution in [0.3, 0.4) is 0 Å². The zero-order valence-corrected chi connectivity index (χ0v) is 12.8. The molecule has 0 amide bonds. The van der Waals surface area contributed by atoms with Gasteiger partial charge in [0.25, 0.3) is 0 Å². The molecule has 0 aliphatic carbocycles. The lowest BCUT2D eigenvalue weighted by Gasteiger charge is -2.15. The van der Waals surface area contributed by atoms with E-state index in [4.69, 9.17) is 9.26 Å². The lowest BCUT2D eigenvalue weighted by molar-refractivity contribution is 0.0807. The molecule has 0 fully saturated rings. The maximum absolute atomic E-state index is 12.9. The minimum absolute atomic E-state index is 0.267. The highest BCUT2D eigenvalue weighted by atomic mass is 19.1. The van der Waals surface area contributed by atoms with Crippen molar-refractivity contribution in [1.29, 1.82) is 0 Å². The first-order valence-corrected chi connectivity index (χ1v) is 7.57. The summed E-state index contributed by atoms with van der Waals surface area (Å²) in [4.78, 5) is 4.27. The van der Waals surface area contributed by atoms with E-state index in [0.29, 0.717) is 38.0 Å². The lowest BCUT2D eigenvalue weighted by Crippen LogP contribution is -2.19. The molecule has 1 N–H and O–H groups in total. The topological polar surface area (TPSA) is 90.9 Å². The summed E-state index contributed by atoms with van der Waals surface area (Å²) in [5.74, 6) is 1.88. The van der Waals surface area contributed by atoms with E-state index in [-0.39, 0.29) is 5.82 Å². The summed E-state index contributed by atoms with van der Waals surface area (Å²) in [5, 5.41) is 15.2. The first-order chi connectivity index (χ1) is 11.8. The predicted molar refractivity (Wildman–Crippen MR) is 80.5 cm³/mol. The van der Waals surface area contributed by atoms with Crippen molar-refractivity contribution in [2.24, 2.45) is 0 Å². The van der Waals surface area contributed by atoms with Crippen LogP contribution in [0, 0.1) is 5.82 Å². The fourth-order valence-corrected chi connectivity index (χ4v) is 2.52. The van der Waals surface area contributed by atoms with Gasteiger partial charge < -0.3 is 19.1 Å². The minimum atomic E-state index is -0.267. The number of hydrogen-bond acceptors (Lipinski definition) is 7. The zero-order valence-electron chi connectivity index (χ0n) is 12.8. The number of benzene rings is 1. The first kappa shape index (κ1) is 14.8. The highest BCUT2D eigenvalue weighted by Crippen LogP contribution is 2.13. The molecule has 9 heteroatoms. The molecule has 1 aliphatic rings. The maximum atomic E-state index is 12.9. The van der Waals surface area contributed by atoms with Crippen molar-refractivity contribution >= 4 is 6.01 Å². The van der Waals surface area contributed by atoms with Gasteiger partial charge in [0, 0.05) is 13.0 Å². The second kappa shape index (κ2) is 6.36. The quantitative estimate of drug-likeness (QED) is 0.758. The van der Waals surface area contributed by atoms with Crippen LogP contribution in [0.15, 0.2) is 28.8 Å². The number of rotatable bonds is 5. The van der Waals surface area contributed by atoms with Crippen molar-refractivity contribution in [3.8, 4) is 0 Å². The van der Waals surface area contributed by atoms with Gasteiger partial charge in [0.1, 0.15) is 12.4 Å². The van der Waals surface area contributed by atoms with Gasteiger partial charge in [0.05, 0.1) is 13.2 Å². The Labute approximate surface area is 136 Å². The number of halogens is 1. The third-order valence-electron chi connectivity index (χ3n) is 3.74. The monoisotopic (exact) mass is 330 g/mol. The third-order valence-corrected chi connectivity index (χ3v) is 3.74. The van der Waals surface area contributed by atoms with Crippen LogP contribution in [0.2, 0.25) is 0 Å². The van der Waals surface area contributed by atoms with E-state index in [9.17, 15) is 4.39 Å². The molecule has 1 aromatic carbocycles. The molecule has 0 saturated heterocycles. The number of aromatic nitrogens is 5. The Morgan fingerprint density at radius 2 is 2.08 bits per heavy atom. The van der Waals surface area contributed by atoms with E-state index < -0.39 is 0 Å². The third kappa shape index (κ3) is 3.11. The van der Waals surface area contributed by atoms with Gasteiger partial charge in [0.2, 0.25) is 0 Å². The van der Waals surface area contributed by atoms with Crippen LogP contribution < -0.4 is 5.32 Å². The SMILES string of the molecule is Fc1ccc(Cc2noc(NCc3nnc4n3CCOC4)n2)cc1. The lowest BCUT2D eigenvalue weighted by atomic mass is 10.1. The van der Waals surface area contributed by atoms with Gasteiger partial charge in [-0.15, -0.1) is 10.2 Å². The Balaban J connectivity index is 1.38. The van der Waals surface area contributed by atoms with Gasteiger partial charge in [-0.1, -0.05) is 17.3 Å². The average molecular weight is 330 g/mol. The number of hydrogen-bond donors (Lipinski definition) is 1. The van der Waals surface area contributed by atoms with E-state index in [1.54, 1.807) is 12.1 Å². The standard InChI is InChI=1S/C15H15FN6O2/c16-11-3-1-10(2-4-11)7-12-18-15(24-21-12)17-8-13-19-20-14-9-23-6-5-22(13)14/h1-4H,5-9H2,(H,17,18,21). The number of ether oxygens (including phenoxy) is 1. The molecule has 4 rings (SSSR count). The van der Waals surface area contributed by atoms with E-state index >= 15 is 0 Å². The van der Waals surface area contributed by atoms with Crippen molar-refractivity contribution in [2.75, 3.05) is 11.9 Å². The molecule has 0 bridgehead atoms. The molecule has 0 spiro atoms. The van der Waals surface area contributed by atoms with Crippen LogP contribution in [0.1, 0.15) is 23.0 Å². The van der Waals surface area contributed by atoms with E-state index in [2.05, 4.69) is 25.7 Å². The fraction of sp³-hybridized carbons (Fsp3) is 0.333. The highest BCUT2D eigenvalue weighted by molar-refractivity contribution is 5.23. The summed E-state index contributed by atoms with van der Waals surface area (Å²) in [5.41, 5.74) is 0.912. The number of nitrogens with one attached hydrogen (secondary N) is 1. The molecule has 0 radical (unpaired) electrons. The molecule has 8 nitrogen and oxygen atoms in total. The minimum Gasteiger partial charge on any atom is -0.372 e. The summed E-state index contributed by atoms with van der Waals surface area (Å²) >= 11 is 0. The number of fused-ring (bicyclic) bond motifs is 1. The van der Waals surface area contributed by atoms with Crippen molar-refractivity contribution in [2.45, 2.75) is 26.1 Å². The van der Waals surface area contributed by atoms with Crippen LogP contribution >= 0.6 is 0 Å². The summed E-state index contributed by atoms with van der Waals surface area (Å²) in [6.45, 7) is 2.31. The van der Waals surface area contributed by atoms with Crippen LogP contribution in [0.25, 0.3) is 0 Å². The first-order valence-electron chi connectivity index (χ1n) is 7.57. The van der Waals surface area contributed by atoms with E-state index in [1.807, 2.05) is 4.57 Å². The van der Waals surface area contributed by atoms with Gasteiger partial charge in [-0.2, -0.15) is 4.98 Å². The summed E-state index contributed by atoms with van der Waals surface area (Å²) in [7, 11) is 0. The summed E-state index contributed by atoms with van der Waals surface area (Å²) in [6.07, 6.45) is 0.475. The largest absolute Gasteiger partial charge is 0.372 e. The number of nitrogens with zero attached hydrogens (tertiary/aromatic N) is 5. The van der Waals surface area contributed by atoms with Gasteiger partial charge in [-0.3, -0.25) is 0 Å². The van der Waals surface area contributed by atoms with Crippen LogP contribution in [-0.4, -0.2) is 31.5 Å². The molecule has 3 aromatic rings. The Morgan fingerprint density at radius 3 is 2.96 bits per heavy atom. The molecule has 3 heterocycles. The number of anilines is 1. The maximum Gasteiger partial charge on any atom is 0.321 e. The molecule has 124 valence electrons. The van der Waals surface area contributed by atoms with Crippen molar-refractivity contribution in [3.63, 3.8) is 0 Å². The second-order valence-corrected chi connectivity index (χ2v) is 5.41. The molecular weight excluding hydrogens is 315 g/mol. The average Bonchev–Trinajstić information content (AvgIpc) is 3.22. The fourth-order valence-electron chi connectivity index (χ4n) is 2.52. The normalized spacial score (nSPS) is 13.7. The molecule has 0 saturated carbocycles. The summed E-state index contributed by atoms with van der Waals surface area (Å²) < 4.78 is 25.4. The Kier molecular flexibility index (Phi) is 3.91. The van der Waals surface area contributed by atoms with Crippen LogP contribution in [0.5, 0.6) is 0 Å². The zero-order chi connectivity index (χ0) is 16.4. The molecule has 2 aromatic heterocycles. The molecular formula is C15H15FN6O2. The van der Waals surface area contributed by atoms with Crippen LogP contribution in [-0.2, 0) is 30.9 Å². The smallest absolute Gasteiger partial charge is 0.321 e. The van der Waals surface area contributed by atoms with Gasteiger partial charge >= 0.3 is 6.01 Å². The van der Waals surface area contributed by atoms with Gasteiger partial charge in [-0.25, -0.2) is 4.39 Å². The van der Waals surface area contributed by atoms with E-state index in [0.717, 1.165) is 23.8 Å². The van der Waals surface area contributed by atoms with Gasteiger partial charge in [0.15, 0.2) is 17.5 Å². The Hall–Kier alpha value is -2.81. The molecule has 24 heavy (non-hydrogen) atoms. The Bertz CT molecular complexity index is 829. The second-order valence-electron chi connectivity index (χ2n) is 5.41. The molecule has 0 atom stereocenters. The molecule has 1 aliphatic heterocycles. The summed E-state index contributed by atoms with van der Waals surface area (Å²) in [6, 6.07) is 6.53. The van der Waals surface area contributed by atoms with Crippen LogP contribution in [0.4, 0.5) is 10.4 Å². The van der Waals surface area contributed by atoms with Crippen molar-refractivity contribution in [1.82, 2.24) is 24.9 Å². The van der Waals surface area contributed by atoms with Crippen molar-refractivity contribution in [3.05, 3.63) is 53.1 Å². The van der Waals surface area contributed by atoms with E-state index in [1.165, 1.54) is 12.1 Å². The Morgan fingerprint density at radius 1 is 1.21 bits per heavy atom. The predicted octanol–water partition coefficient (Wildman–Crippen LogP) is 1.53. The highest BCUT2D eigenvalue weighted by Gasteiger charge is 2.16. The molecule has 0 unspecified atom stereocenters. The van der Waals surface area contributed by atoms with Gasteiger partial charge in [-0.05, 0) is 17.7 Å².